The van der Waals surface area contributed by atoms with Gasteiger partial charge in [-0.1, -0.05) is 50.7 Å². The SMILES string of the molecule is Fc1cc(CBr)c(Cl)c(Cl)c1Cl. The maximum Gasteiger partial charge on any atom is 0.143 e. The molecular formula is C7H3BrCl3F. The molecule has 0 nitrogen and oxygen atoms in total. The maximum atomic E-state index is 12.9. The third-order valence-corrected chi connectivity index (χ3v) is 3.30. The minimum absolute atomic E-state index is 0.0628. The first-order chi connectivity index (χ1) is 5.57. The van der Waals surface area contributed by atoms with E-state index < -0.39 is 5.82 Å². The van der Waals surface area contributed by atoms with Gasteiger partial charge in [0.2, 0.25) is 0 Å². The molecule has 0 unspecified atom stereocenters. The summed E-state index contributed by atoms with van der Waals surface area (Å²) in [6, 6.07) is 1.26. The van der Waals surface area contributed by atoms with Crippen LogP contribution in [0.2, 0.25) is 15.1 Å². The molecule has 0 saturated heterocycles. The second kappa shape index (κ2) is 4.14. The van der Waals surface area contributed by atoms with Gasteiger partial charge in [-0.2, -0.15) is 0 Å². The molecule has 66 valence electrons. The van der Waals surface area contributed by atoms with Crippen molar-refractivity contribution in [2.45, 2.75) is 5.33 Å². The first-order valence-corrected chi connectivity index (χ1v) is 5.21. The zero-order valence-corrected chi connectivity index (χ0v) is 9.53. The van der Waals surface area contributed by atoms with Gasteiger partial charge in [0.05, 0.1) is 15.1 Å². The van der Waals surface area contributed by atoms with E-state index in [4.69, 9.17) is 34.8 Å². The number of hydrogen-bond donors (Lipinski definition) is 0. The van der Waals surface area contributed by atoms with E-state index in [1.807, 2.05) is 0 Å². The van der Waals surface area contributed by atoms with Crippen molar-refractivity contribution in [3.63, 3.8) is 0 Å². The van der Waals surface area contributed by atoms with Crippen LogP contribution in [0.1, 0.15) is 5.56 Å². The Morgan fingerprint density at radius 2 is 1.75 bits per heavy atom. The molecule has 0 heterocycles. The molecular weight excluding hydrogens is 289 g/mol. The molecule has 0 atom stereocenters. The predicted octanol–water partition coefficient (Wildman–Crippen LogP) is 4.68. The highest BCUT2D eigenvalue weighted by molar-refractivity contribution is 9.08. The fourth-order valence-corrected chi connectivity index (χ4v) is 1.95. The van der Waals surface area contributed by atoms with Gasteiger partial charge in [-0.05, 0) is 11.6 Å². The highest BCUT2D eigenvalue weighted by atomic mass is 79.9. The number of rotatable bonds is 1. The van der Waals surface area contributed by atoms with Crippen molar-refractivity contribution >= 4 is 50.7 Å². The Morgan fingerprint density at radius 1 is 1.17 bits per heavy atom. The third kappa shape index (κ3) is 1.87. The van der Waals surface area contributed by atoms with Crippen molar-refractivity contribution in [2.75, 3.05) is 0 Å². The van der Waals surface area contributed by atoms with Crippen molar-refractivity contribution in [1.29, 1.82) is 0 Å². The molecule has 0 aliphatic heterocycles. The summed E-state index contributed by atoms with van der Waals surface area (Å²) in [6.45, 7) is 0. The normalized spacial score (nSPS) is 10.4. The summed E-state index contributed by atoms with van der Waals surface area (Å²) in [5.74, 6) is -0.555. The number of hydrogen-bond acceptors (Lipinski definition) is 0. The first-order valence-electron chi connectivity index (χ1n) is 2.95. The summed E-state index contributed by atoms with van der Waals surface area (Å²) in [4.78, 5) is 0. The van der Waals surface area contributed by atoms with E-state index in [9.17, 15) is 4.39 Å². The van der Waals surface area contributed by atoms with E-state index in [0.29, 0.717) is 15.9 Å². The largest absolute Gasteiger partial charge is 0.205 e. The maximum absolute atomic E-state index is 12.9. The standard InChI is InChI=1S/C7H3BrCl3F/c8-2-3-1-4(12)6(10)7(11)5(3)9/h1H,2H2. The second-order valence-corrected chi connectivity index (χ2v) is 3.79. The minimum Gasteiger partial charge on any atom is -0.205 e. The van der Waals surface area contributed by atoms with E-state index in [2.05, 4.69) is 15.9 Å². The molecule has 1 aromatic carbocycles. The van der Waals surface area contributed by atoms with Crippen LogP contribution in [0.25, 0.3) is 0 Å². The molecule has 1 rings (SSSR count). The average molecular weight is 292 g/mol. The Kier molecular flexibility index (Phi) is 3.65. The molecule has 0 fully saturated rings. The topological polar surface area (TPSA) is 0 Å². The van der Waals surface area contributed by atoms with Gasteiger partial charge in [0.15, 0.2) is 0 Å². The fourth-order valence-electron chi connectivity index (χ4n) is 0.719. The number of benzene rings is 1. The molecule has 12 heavy (non-hydrogen) atoms. The average Bonchev–Trinajstić information content (AvgIpc) is 2.08. The monoisotopic (exact) mass is 290 g/mol. The zero-order chi connectivity index (χ0) is 9.30. The lowest BCUT2D eigenvalue weighted by Crippen LogP contribution is -1.86. The lowest BCUT2D eigenvalue weighted by atomic mass is 10.2. The predicted molar refractivity (Wildman–Crippen MR) is 54.1 cm³/mol. The van der Waals surface area contributed by atoms with E-state index in [1.54, 1.807) is 0 Å². The summed E-state index contributed by atoms with van der Waals surface area (Å²) in [5, 5.41) is 0.665. The molecule has 0 aliphatic carbocycles. The van der Waals surface area contributed by atoms with Crippen LogP contribution in [-0.2, 0) is 5.33 Å². The van der Waals surface area contributed by atoms with Gasteiger partial charge in [-0.3, -0.25) is 0 Å². The molecule has 0 aromatic heterocycles. The summed E-state index contributed by atoms with van der Waals surface area (Å²) in [7, 11) is 0. The van der Waals surface area contributed by atoms with Crippen LogP contribution in [0, 0.1) is 5.82 Å². The summed E-state index contributed by atoms with van der Waals surface area (Å²) in [6.07, 6.45) is 0. The second-order valence-electron chi connectivity index (χ2n) is 2.09. The summed E-state index contributed by atoms with van der Waals surface area (Å²) < 4.78 is 12.9. The molecule has 0 radical (unpaired) electrons. The molecule has 0 aliphatic rings. The van der Waals surface area contributed by atoms with Crippen molar-refractivity contribution in [1.82, 2.24) is 0 Å². The van der Waals surface area contributed by atoms with Gasteiger partial charge in [-0.15, -0.1) is 0 Å². The highest BCUT2D eigenvalue weighted by Gasteiger charge is 2.12. The van der Waals surface area contributed by atoms with E-state index >= 15 is 0 Å². The van der Waals surface area contributed by atoms with Crippen molar-refractivity contribution in [2.24, 2.45) is 0 Å². The summed E-state index contributed by atoms with van der Waals surface area (Å²) >= 11 is 20.1. The fraction of sp³-hybridized carbons (Fsp3) is 0.143. The van der Waals surface area contributed by atoms with Crippen molar-refractivity contribution < 1.29 is 4.39 Å². The van der Waals surface area contributed by atoms with Crippen LogP contribution in [0.4, 0.5) is 4.39 Å². The third-order valence-electron chi connectivity index (χ3n) is 1.32. The summed E-state index contributed by atoms with van der Waals surface area (Å²) in [5.41, 5.74) is 0.587. The van der Waals surface area contributed by atoms with Gasteiger partial charge in [0.25, 0.3) is 0 Å². The lowest BCUT2D eigenvalue weighted by molar-refractivity contribution is 0.627. The first kappa shape index (κ1) is 10.6. The molecule has 0 amide bonds. The quantitative estimate of drug-likeness (QED) is 0.400. The molecule has 0 saturated carbocycles. The molecule has 0 bridgehead atoms. The van der Waals surface area contributed by atoms with Gasteiger partial charge < -0.3 is 0 Å². The smallest absolute Gasteiger partial charge is 0.143 e. The molecule has 0 spiro atoms. The van der Waals surface area contributed by atoms with Gasteiger partial charge >= 0.3 is 0 Å². The van der Waals surface area contributed by atoms with Gasteiger partial charge in [0, 0.05) is 5.33 Å². The van der Waals surface area contributed by atoms with Crippen LogP contribution < -0.4 is 0 Å². The van der Waals surface area contributed by atoms with Gasteiger partial charge in [-0.25, -0.2) is 4.39 Å². The zero-order valence-electron chi connectivity index (χ0n) is 5.67. The highest BCUT2D eigenvalue weighted by Crippen LogP contribution is 2.35. The van der Waals surface area contributed by atoms with Crippen LogP contribution >= 0.6 is 50.7 Å². The minimum atomic E-state index is -0.555. The van der Waals surface area contributed by atoms with E-state index in [-0.39, 0.29) is 10.0 Å². The number of alkyl halides is 1. The Morgan fingerprint density at radius 3 is 2.25 bits per heavy atom. The van der Waals surface area contributed by atoms with Crippen LogP contribution in [0.15, 0.2) is 6.07 Å². The van der Waals surface area contributed by atoms with Crippen LogP contribution in [-0.4, -0.2) is 0 Å². The van der Waals surface area contributed by atoms with Gasteiger partial charge in [0.1, 0.15) is 5.82 Å². The molecule has 1 aromatic rings. The molecule has 0 N–H and O–H groups in total. The Balaban J connectivity index is 3.39. The lowest BCUT2D eigenvalue weighted by Gasteiger charge is -2.04. The van der Waals surface area contributed by atoms with Crippen LogP contribution in [0.3, 0.4) is 0 Å². The van der Waals surface area contributed by atoms with Crippen LogP contribution in [0.5, 0.6) is 0 Å². The van der Waals surface area contributed by atoms with Crippen molar-refractivity contribution in [3.05, 3.63) is 32.5 Å². The Bertz CT molecular complexity index is 314. The molecule has 5 heteroatoms. The van der Waals surface area contributed by atoms with E-state index in [1.165, 1.54) is 6.07 Å². The van der Waals surface area contributed by atoms with Crippen molar-refractivity contribution in [3.8, 4) is 0 Å². The Hall–Kier alpha value is 0.500. The van der Waals surface area contributed by atoms with E-state index in [0.717, 1.165) is 0 Å². The number of halogens is 5. The Labute approximate surface area is 92.7 Å².